The summed E-state index contributed by atoms with van der Waals surface area (Å²) < 4.78 is 11.2. The van der Waals surface area contributed by atoms with Gasteiger partial charge in [0, 0.05) is 16.5 Å². The van der Waals surface area contributed by atoms with Gasteiger partial charge >= 0.3 is 0 Å². The Morgan fingerprint density at radius 2 is 2.08 bits per heavy atom. The summed E-state index contributed by atoms with van der Waals surface area (Å²) in [5.41, 5.74) is 4.25. The van der Waals surface area contributed by atoms with E-state index in [0.29, 0.717) is 23.1 Å². The van der Waals surface area contributed by atoms with Crippen LogP contribution in [-0.4, -0.2) is 19.2 Å². The van der Waals surface area contributed by atoms with Crippen molar-refractivity contribution in [2.24, 2.45) is 11.0 Å². The summed E-state index contributed by atoms with van der Waals surface area (Å²) in [7, 11) is 1.58. The van der Waals surface area contributed by atoms with Crippen LogP contribution >= 0.6 is 11.6 Å². The van der Waals surface area contributed by atoms with Gasteiger partial charge in [0.15, 0.2) is 11.5 Å². The second kappa shape index (κ2) is 8.03. The van der Waals surface area contributed by atoms with E-state index in [9.17, 15) is 4.79 Å². The topological polar surface area (TPSA) is 59.9 Å². The van der Waals surface area contributed by atoms with Gasteiger partial charge in [-0.25, -0.2) is 5.43 Å². The first kappa shape index (κ1) is 17.3. The lowest BCUT2D eigenvalue weighted by atomic mass is 10.2. The molecule has 3 rings (SSSR count). The Kier molecular flexibility index (Phi) is 5.56. The summed E-state index contributed by atoms with van der Waals surface area (Å²) in [6.45, 7) is 0.348. The molecule has 0 atom stereocenters. The SMILES string of the molecule is COc1cc(/C=N\NC(=O)C2CC2)ccc1OCc1ccccc1Cl. The molecule has 0 radical (unpaired) electrons. The average molecular weight is 359 g/mol. The Morgan fingerprint density at radius 3 is 2.80 bits per heavy atom. The first-order valence-corrected chi connectivity index (χ1v) is 8.42. The van der Waals surface area contributed by atoms with Crippen LogP contribution in [0.15, 0.2) is 47.6 Å². The predicted octanol–water partition coefficient (Wildman–Crippen LogP) is 3.79. The van der Waals surface area contributed by atoms with Gasteiger partial charge in [0.25, 0.3) is 0 Å². The first-order valence-electron chi connectivity index (χ1n) is 8.04. The fourth-order valence-electron chi connectivity index (χ4n) is 2.26. The molecule has 1 N–H and O–H groups in total. The van der Waals surface area contributed by atoms with E-state index in [0.717, 1.165) is 24.0 Å². The van der Waals surface area contributed by atoms with E-state index in [1.165, 1.54) is 0 Å². The van der Waals surface area contributed by atoms with Crippen molar-refractivity contribution >= 4 is 23.7 Å². The summed E-state index contributed by atoms with van der Waals surface area (Å²) >= 11 is 6.14. The number of halogens is 1. The highest BCUT2D eigenvalue weighted by atomic mass is 35.5. The molecule has 1 amide bonds. The Hall–Kier alpha value is -2.53. The number of hydrogen-bond acceptors (Lipinski definition) is 4. The minimum absolute atomic E-state index is 0.0251. The van der Waals surface area contributed by atoms with Crippen molar-refractivity contribution in [2.75, 3.05) is 7.11 Å². The minimum atomic E-state index is -0.0251. The van der Waals surface area contributed by atoms with Crippen LogP contribution in [0.2, 0.25) is 5.02 Å². The molecule has 0 heterocycles. The summed E-state index contributed by atoms with van der Waals surface area (Å²) in [5, 5.41) is 4.64. The Labute approximate surface area is 151 Å². The zero-order valence-electron chi connectivity index (χ0n) is 13.9. The first-order chi connectivity index (χ1) is 12.2. The zero-order valence-corrected chi connectivity index (χ0v) is 14.6. The number of nitrogens with one attached hydrogen (secondary N) is 1. The maximum atomic E-state index is 11.5. The van der Waals surface area contributed by atoms with Gasteiger partial charge in [-0.3, -0.25) is 4.79 Å². The number of amides is 1. The third-order valence-corrected chi connectivity index (χ3v) is 4.23. The number of methoxy groups -OCH3 is 1. The number of hydrogen-bond donors (Lipinski definition) is 1. The van der Waals surface area contributed by atoms with E-state index in [-0.39, 0.29) is 11.8 Å². The highest BCUT2D eigenvalue weighted by Crippen LogP contribution is 2.30. The lowest BCUT2D eigenvalue weighted by Crippen LogP contribution is -2.18. The Morgan fingerprint density at radius 1 is 1.28 bits per heavy atom. The molecule has 0 saturated heterocycles. The van der Waals surface area contributed by atoms with Gasteiger partial charge in [0.2, 0.25) is 5.91 Å². The van der Waals surface area contributed by atoms with Crippen molar-refractivity contribution < 1.29 is 14.3 Å². The van der Waals surface area contributed by atoms with Gasteiger partial charge in [-0.15, -0.1) is 0 Å². The van der Waals surface area contributed by atoms with Gasteiger partial charge in [-0.1, -0.05) is 29.8 Å². The monoisotopic (exact) mass is 358 g/mol. The third kappa shape index (κ3) is 4.73. The minimum Gasteiger partial charge on any atom is -0.493 e. The molecular formula is C19H19ClN2O3. The van der Waals surface area contributed by atoms with Crippen LogP contribution in [0.1, 0.15) is 24.0 Å². The second-order valence-electron chi connectivity index (χ2n) is 5.80. The molecule has 1 aliphatic rings. The van der Waals surface area contributed by atoms with Gasteiger partial charge in [0.1, 0.15) is 6.61 Å². The molecule has 5 nitrogen and oxygen atoms in total. The van der Waals surface area contributed by atoms with E-state index in [4.69, 9.17) is 21.1 Å². The van der Waals surface area contributed by atoms with Crippen LogP contribution in [-0.2, 0) is 11.4 Å². The molecule has 0 aromatic heterocycles. The van der Waals surface area contributed by atoms with Crippen molar-refractivity contribution in [1.82, 2.24) is 5.43 Å². The van der Waals surface area contributed by atoms with Crippen LogP contribution in [0, 0.1) is 5.92 Å². The summed E-state index contributed by atoms with van der Waals surface area (Å²) in [4.78, 5) is 11.5. The van der Waals surface area contributed by atoms with Crippen LogP contribution in [0.5, 0.6) is 11.5 Å². The largest absolute Gasteiger partial charge is 0.493 e. The van der Waals surface area contributed by atoms with Crippen molar-refractivity contribution in [3.8, 4) is 11.5 Å². The van der Waals surface area contributed by atoms with Gasteiger partial charge in [-0.2, -0.15) is 5.10 Å². The van der Waals surface area contributed by atoms with Crippen molar-refractivity contribution in [3.05, 3.63) is 58.6 Å². The molecule has 0 unspecified atom stereocenters. The fraction of sp³-hybridized carbons (Fsp3) is 0.263. The molecule has 1 fully saturated rings. The van der Waals surface area contributed by atoms with Crippen molar-refractivity contribution in [3.63, 3.8) is 0 Å². The molecule has 2 aromatic carbocycles. The van der Waals surface area contributed by atoms with Gasteiger partial charge < -0.3 is 9.47 Å². The standard InChI is InChI=1S/C19H19ClN2O3/c1-24-18-10-13(11-21-22-19(23)14-7-8-14)6-9-17(18)25-12-15-4-2-3-5-16(15)20/h2-6,9-11,14H,7-8,12H2,1H3,(H,22,23)/b21-11-. The Balaban J connectivity index is 1.63. The molecular weight excluding hydrogens is 340 g/mol. The lowest BCUT2D eigenvalue weighted by Gasteiger charge is -2.12. The molecule has 6 heteroatoms. The average Bonchev–Trinajstić information content (AvgIpc) is 3.46. The van der Waals surface area contributed by atoms with Gasteiger partial charge in [0.05, 0.1) is 13.3 Å². The molecule has 0 bridgehead atoms. The molecule has 25 heavy (non-hydrogen) atoms. The smallest absolute Gasteiger partial charge is 0.243 e. The van der Waals surface area contributed by atoms with E-state index in [1.54, 1.807) is 25.5 Å². The van der Waals surface area contributed by atoms with Crippen molar-refractivity contribution in [1.29, 1.82) is 0 Å². The van der Waals surface area contributed by atoms with E-state index in [1.807, 2.05) is 30.3 Å². The Bertz CT molecular complexity index is 788. The van der Waals surface area contributed by atoms with Crippen LogP contribution in [0.3, 0.4) is 0 Å². The quantitative estimate of drug-likeness (QED) is 0.605. The van der Waals surface area contributed by atoms with Crippen LogP contribution < -0.4 is 14.9 Å². The number of carbonyl (C=O) groups excluding carboxylic acids is 1. The molecule has 130 valence electrons. The summed E-state index contributed by atoms with van der Waals surface area (Å²) in [5.74, 6) is 1.31. The highest BCUT2D eigenvalue weighted by Gasteiger charge is 2.29. The van der Waals surface area contributed by atoms with Crippen LogP contribution in [0.4, 0.5) is 0 Å². The van der Waals surface area contributed by atoms with E-state index in [2.05, 4.69) is 10.5 Å². The fourth-order valence-corrected chi connectivity index (χ4v) is 2.45. The van der Waals surface area contributed by atoms with E-state index >= 15 is 0 Å². The summed E-state index contributed by atoms with van der Waals surface area (Å²) in [6.07, 6.45) is 3.49. The molecule has 1 aliphatic carbocycles. The van der Waals surface area contributed by atoms with Gasteiger partial charge in [-0.05, 0) is 42.7 Å². The second-order valence-corrected chi connectivity index (χ2v) is 6.21. The number of carbonyl (C=O) groups is 1. The predicted molar refractivity (Wildman–Crippen MR) is 97.2 cm³/mol. The lowest BCUT2D eigenvalue weighted by molar-refractivity contribution is -0.122. The maximum Gasteiger partial charge on any atom is 0.243 e. The maximum absolute atomic E-state index is 11.5. The molecule has 1 saturated carbocycles. The number of hydrazone groups is 1. The number of benzene rings is 2. The number of nitrogens with zero attached hydrogens (tertiary/aromatic N) is 1. The molecule has 2 aromatic rings. The summed E-state index contributed by atoms with van der Waals surface area (Å²) in [6, 6.07) is 13.0. The number of ether oxygens (including phenoxy) is 2. The normalized spacial score (nSPS) is 13.7. The molecule has 0 aliphatic heterocycles. The van der Waals surface area contributed by atoms with E-state index < -0.39 is 0 Å². The zero-order chi connectivity index (χ0) is 17.6. The van der Waals surface area contributed by atoms with Crippen molar-refractivity contribution in [2.45, 2.75) is 19.4 Å². The third-order valence-electron chi connectivity index (χ3n) is 3.87. The number of rotatable bonds is 7. The van der Waals surface area contributed by atoms with Crippen LogP contribution in [0.25, 0.3) is 0 Å². The highest BCUT2D eigenvalue weighted by molar-refractivity contribution is 6.31. The molecule has 0 spiro atoms.